The summed E-state index contributed by atoms with van der Waals surface area (Å²) in [5.74, 6) is 2.36. The Morgan fingerprint density at radius 2 is 1.92 bits per heavy atom. The van der Waals surface area contributed by atoms with Gasteiger partial charge in [-0.05, 0) is 43.3 Å². The number of carbonyl (C=O) groups is 1. The molecule has 0 saturated carbocycles. The Bertz CT molecular complexity index is 1440. The zero-order valence-electron chi connectivity index (χ0n) is 19.7. The summed E-state index contributed by atoms with van der Waals surface area (Å²) in [7, 11) is 1.59. The predicted molar refractivity (Wildman–Crippen MR) is 129 cm³/mol. The van der Waals surface area contributed by atoms with Gasteiger partial charge in [-0.25, -0.2) is 9.67 Å². The molecule has 182 valence electrons. The Balaban J connectivity index is 1.42. The van der Waals surface area contributed by atoms with E-state index in [2.05, 4.69) is 10.1 Å². The second-order valence-electron chi connectivity index (χ2n) is 7.81. The normalized spacial score (nSPS) is 11.8. The number of aldehydes is 1. The molecule has 3 heterocycles. The lowest BCUT2D eigenvalue weighted by Crippen LogP contribution is -2.13. The van der Waals surface area contributed by atoms with Crippen LogP contribution in [0, 0.1) is 6.92 Å². The fraction of sp³-hybridized carbons (Fsp3) is 0.148. The zero-order valence-corrected chi connectivity index (χ0v) is 19.7. The summed E-state index contributed by atoms with van der Waals surface area (Å²) < 4.78 is 30.3. The molecule has 0 aliphatic rings. The highest BCUT2D eigenvalue weighted by Crippen LogP contribution is 2.29. The molecule has 0 amide bonds. The number of oxazole rings is 1. The molecule has 5 rings (SSSR count). The van der Waals surface area contributed by atoms with Crippen LogP contribution in [0.5, 0.6) is 11.6 Å². The van der Waals surface area contributed by atoms with Crippen LogP contribution in [0.2, 0.25) is 0 Å². The monoisotopic (exact) mass is 485 g/mol. The highest BCUT2D eigenvalue weighted by molar-refractivity contribution is 5.74. The number of ether oxygens (including phenoxy) is 3. The summed E-state index contributed by atoms with van der Waals surface area (Å²) in [6, 6.07) is 21.7. The fourth-order valence-corrected chi connectivity index (χ4v) is 3.61. The molecule has 9 heteroatoms. The van der Waals surface area contributed by atoms with Crippen LogP contribution < -0.4 is 9.47 Å². The van der Waals surface area contributed by atoms with E-state index < -0.39 is 6.29 Å². The zero-order chi connectivity index (χ0) is 24.9. The molecule has 9 nitrogen and oxygen atoms in total. The van der Waals surface area contributed by atoms with E-state index in [1.165, 1.54) is 4.68 Å². The van der Waals surface area contributed by atoms with Crippen molar-refractivity contribution < 1.29 is 27.8 Å². The Hall–Kier alpha value is -4.63. The van der Waals surface area contributed by atoms with Crippen LogP contribution in [0.15, 0.2) is 87.9 Å². The topological polar surface area (TPSA) is 102 Å². The molecule has 0 aliphatic carbocycles. The van der Waals surface area contributed by atoms with Gasteiger partial charge in [0.1, 0.15) is 22.9 Å². The summed E-state index contributed by atoms with van der Waals surface area (Å²) >= 11 is 0. The summed E-state index contributed by atoms with van der Waals surface area (Å²) in [4.78, 5) is 16.2. The fourth-order valence-electron chi connectivity index (χ4n) is 3.61. The van der Waals surface area contributed by atoms with Crippen molar-refractivity contribution in [1.29, 1.82) is 0 Å². The number of benzene rings is 2. The van der Waals surface area contributed by atoms with E-state index in [0.29, 0.717) is 40.1 Å². The van der Waals surface area contributed by atoms with Crippen LogP contribution in [0.1, 0.15) is 33.8 Å². The summed E-state index contributed by atoms with van der Waals surface area (Å²) in [5, 5.41) is 4.47. The lowest BCUT2D eigenvalue weighted by atomic mass is 10.2. The van der Waals surface area contributed by atoms with Crippen LogP contribution in [0.3, 0.4) is 0 Å². The first-order valence-corrected chi connectivity index (χ1v) is 11.2. The minimum absolute atomic E-state index is 0.0951. The van der Waals surface area contributed by atoms with Gasteiger partial charge in [0.15, 0.2) is 12.0 Å². The Labute approximate surface area is 206 Å². The number of carbonyl (C=O) groups excluding carboxylic acids is 1. The molecule has 1 atom stereocenters. The minimum atomic E-state index is -0.873. The molecular formula is C27H23N3O6. The third-order valence-corrected chi connectivity index (χ3v) is 5.43. The molecule has 0 bridgehead atoms. The Kier molecular flexibility index (Phi) is 6.63. The van der Waals surface area contributed by atoms with Gasteiger partial charge in [0.2, 0.25) is 12.2 Å². The van der Waals surface area contributed by atoms with Gasteiger partial charge in [-0.3, -0.25) is 4.79 Å². The second kappa shape index (κ2) is 10.3. The largest absolute Gasteiger partial charge is 0.497 e. The van der Waals surface area contributed by atoms with Gasteiger partial charge in [0.05, 0.1) is 25.7 Å². The van der Waals surface area contributed by atoms with Crippen molar-refractivity contribution >= 4 is 6.29 Å². The molecular weight excluding hydrogens is 462 g/mol. The van der Waals surface area contributed by atoms with Gasteiger partial charge in [-0.15, -0.1) is 5.10 Å². The van der Waals surface area contributed by atoms with E-state index in [1.54, 1.807) is 38.5 Å². The third-order valence-electron chi connectivity index (χ3n) is 5.43. The number of nitrogens with zero attached hydrogens (tertiary/aromatic N) is 3. The first kappa shape index (κ1) is 23.1. The number of hydrogen-bond acceptors (Lipinski definition) is 8. The number of para-hydroxylation sites is 1. The highest BCUT2D eigenvalue weighted by atomic mass is 16.7. The number of aryl methyl sites for hydroxylation is 1. The molecule has 0 spiro atoms. The summed E-state index contributed by atoms with van der Waals surface area (Å²) in [5.41, 5.74) is 2.37. The Morgan fingerprint density at radius 3 is 2.67 bits per heavy atom. The summed E-state index contributed by atoms with van der Waals surface area (Å²) in [6.45, 7) is 1.90. The molecule has 0 N–H and O–H groups in total. The molecule has 2 aromatic carbocycles. The van der Waals surface area contributed by atoms with Crippen LogP contribution >= 0.6 is 0 Å². The van der Waals surface area contributed by atoms with Gasteiger partial charge in [-0.2, -0.15) is 0 Å². The van der Waals surface area contributed by atoms with Crippen molar-refractivity contribution in [2.45, 2.75) is 19.8 Å². The lowest BCUT2D eigenvalue weighted by molar-refractivity contribution is -0.0963. The first-order chi connectivity index (χ1) is 17.6. The molecule has 0 saturated heterocycles. The molecule has 1 unspecified atom stereocenters. The van der Waals surface area contributed by atoms with Gasteiger partial charge in [-0.1, -0.05) is 30.3 Å². The summed E-state index contributed by atoms with van der Waals surface area (Å²) in [6.07, 6.45) is 1.41. The van der Waals surface area contributed by atoms with Crippen molar-refractivity contribution in [1.82, 2.24) is 14.8 Å². The SMILES string of the molecule is COc1cccc(C(OCc2nc(-c3ccco3)oc2C)Oc2cc(C=O)n(-c3ccccc3)n2)c1. The molecule has 3 aromatic heterocycles. The van der Waals surface area contributed by atoms with Gasteiger partial charge >= 0.3 is 0 Å². The number of furan rings is 1. The highest BCUT2D eigenvalue weighted by Gasteiger charge is 2.21. The Morgan fingerprint density at radius 1 is 1.06 bits per heavy atom. The number of aromatic nitrogens is 3. The van der Waals surface area contributed by atoms with E-state index in [4.69, 9.17) is 23.0 Å². The minimum Gasteiger partial charge on any atom is -0.497 e. The number of methoxy groups -OCH3 is 1. The lowest BCUT2D eigenvalue weighted by Gasteiger charge is -2.18. The maximum Gasteiger partial charge on any atom is 0.263 e. The third kappa shape index (κ3) is 4.91. The maximum absolute atomic E-state index is 11.7. The van der Waals surface area contributed by atoms with Crippen LogP contribution in [0.25, 0.3) is 17.3 Å². The average Bonchev–Trinajstić information content (AvgIpc) is 3.67. The first-order valence-electron chi connectivity index (χ1n) is 11.2. The number of rotatable bonds is 10. The van der Waals surface area contributed by atoms with Crippen molar-refractivity contribution in [3.63, 3.8) is 0 Å². The van der Waals surface area contributed by atoms with E-state index in [9.17, 15) is 4.79 Å². The van der Waals surface area contributed by atoms with Gasteiger partial charge < -0.3 is 23.0 Å². The van der Waals surface area contributed by atoms with Crippen molar-refractivity contribution in [3.8, 4) is 29.0 Å². The molecule has 5 aromatic rings. The van der Waals surface area contributed by atoms with Crippen LogP contribution in [-0.4, -0.2) is 28.2 Å². The van der Waals surface area contributed by atoms with Crippen molar-refractivity contribution in [3.05, 3.63) is 102 Å². The predicted octanol–water partition coefficient (Wildman–Crippen LogP) is 5.54. The molecule has 0 radical (unpaired) electrons. The second-order valence-corrected chi connectivity index (χ2v) is 7.81. The number of hydrogen-bond donors (Lipinski definition) is 0. The quantitative estimate of drug-likeness (QED) is 0.188. The van der Waals surface area contributed by atoms with Gasteiger partial charge in [0.25, 0.3) is 5.89 Å². The maximum atomic E-state index is 11.7. The standard InChI is InChI=1S/C27H23N3O6/c1-18-23(28-26(35-18)24-12-7-13-33-24)17-34-27(19-8-6-11-22(14-19)32-2)36-25-15-21(16-31)30(29-25)20-9-4-3-5-10-20/h3-16,27H,17H2,1-2H3. The van der Waals surface area contributed by atoms with E-state index >= 15 is 0 Å². The van der Waals surface area contributed by atoms with E-state index in [-0.39, 0.29) is 12.5 Å². The van der Waals surface area contributed by atoms with E-state index in [0.717, 1.165) is 12.0 Å². The molecule has 0 fully saturated rings. The molecule has 0 aliphatic heterocycles. The van der Waals surface area contributed by atoms with Crippen LogP contribution in [0.4, 0.5) is 0 Å². The molecule has 36 heavy (non-hydrogen) atoms. The van der Waals surface area contributed by atoms with Gasteiger partial charge in [0, 0.05) is 11.6 Å². The van der Waals surface area contributed by atoms with Crippen molar-refractivity contribution in [2.75, 3.05) is 7.11 Å². The van der Waals surface area contributed by atoms with Crippen LogP contribution in [-0.2, 0) is 11.3 Å². The smallest absolute Gasteiger partial charge is 0.263 e. The van der Waals surface area contributed by atoms with E-state index in [1.807, 2.05) is 54.6 Å². The average molecular weight is 485 g/mol. The van der Waals surface area contributed by atoms with Crippen molar-refractivity contribution in [2.24, 2.45) is 0 Å².